The van der Waals surface area contributed by atoms with E-state index in [1.165, 1.54) is 0 Å². The second-order valence-electron chi connectivity index (χ2n) is 5.43. The van der Waals surface area contributed by atoms with Gasteiger partial charge in [0.15, 0.2) is 0 Å². The van der Waals surface area contributed by atoms with Gasteiger partial charge in [0.25, 0.3) is 0 Å². The number of rotatable bonds is 4. The highest BCUT2D eigenvalue weighted by Gasteiger charge is 2.25. The van der Waals surface area contributed by atoms with Gasteiger partial charge in [0.1, 0.15) is 0 Å². The van der Waals surface area contributed by atoms with Crippen molar-refractivity contribution in [1.29, 1.82) is 0 Å². The van der Waals surface area contributed by atoms with E-state index in [1.54, 1.807) is 0 Å². The molecule has 1 heterocycles. The summed E-state index contributed by atoms with van der Waals surface area (Å²) in [5.41, 5.74) is 5.89. The Balaban J connectivity index is 1.62. The van der Waals surface area contributed by atoms with Gasteiger partial charge in [-0.05, 0) is 38.0 Å². The van der Waals surface area contributed by atoms with E-state index in [0.717, 1.165) is 58.3 Å². The van der Waals surface area contributed by atoms with Crippen molar-refractivity contribution in [2.45, 2.75) is 44.6 Å². The number of nitrogens with two attached hydrogens (primary N) is 1. The lowest BCUT2D eigenvalue weighted by Gasteiger charge is -2.25. The molecule has 1 aliphatic heterocycles. The van der Waals surface area contributed by atoms with Crippen molar-refractivity contribution < 1.29 is 9.53 Å². The molecule has 1 amide bonds. The molecule has 3 atom stereocenters. The molecular formula is C13H24N2O2. The fourth-order valence-electron chi connectivity index (χ4n) is 2.82. The molecule has 1 saturated carbocycles. The summed E-state index contributed by atoms with van der Waals surface area (Å²) >= 11 is 0. The van der Waals surface area contributed by atoms with Gasteiger partial charge < -0.3 is 15.8 Å². The van der Waals surface area contributed by atoms with E-state index < -0.39 is 0 Å². The maximum atomic E-state index is 11.9. The second-order valence-corrected chi connectivity index (χ2v) is 5.43. The van der Waals surface area contributed by atoms with Gasteiger partial charge in [-0.1, -0.05) is 6.42 Å². The molecule has 0 aromatic heterocycles. The normalized spacial score (nSPS) is 33.6. The summed E-state index contributed by atoms with van der Waals surface area (Å²) in [5, 5.41) is 3.05. The van der Waals surface area contributed by atoms with Crippen molar-refractivity contribution >= 4 is 5.91 Å². The van der Waals surface area contributed by atoms with Gasteiger partial charge in [-0.3, -0.25) is 4.79 Å². The summed E-state index contributed by atoms with van der Waals surface area (Å²) in [6.45, 7) is 2.54. The standard InChI is InChI=1S/C13H24N2O2/c14-12-3-1-2-11(8-12)13(16)15-6-4-10-5-7-17-9-10/h10-12H,1-9,14H2,(H,15,16). The Morgan fingerprint density at radius 2 is 2.24 bits per heavy atom. The molecule has 4 heteroatoms. The third-order valence-corrected chi connectivity index (χ3v) is 3.96. The third-order valence-electron chi connectivity index (χ3n) is 3.96. The van der Waals surface area contributed by atoms with E-state index in [4.69, 9.17) is 10.5 Å². The molecule has 3 N–H and O–H groups in total. The third kappa shape index (κ3) is 3.96. The number of nitrogens with one attached hydrogen (secondary N) is 1. The zero-order chi connectivity index (χ0) is 12.1. The zero-order valence-corrected chi connectivity index (χ0v) is 10.5. The van der Waals surface area contributed by atoms with Crippen LogP contribution < -0.4 is 11.1 Å². The first-order chi connectivity index (χ1) is 8.25. The van der Waals surface area contributed by atoms with Gasteiger partial charge in [-0.25, -0.2) is 0 Å². The molecule has 0 radical (unpaired) electrons. The highest BCUT2D eigenvalue weighted by molar-refractivity contribution is 5.78. The minimum Gasteiger partial charge on any atom is -0.381 e. The van der Waals surface area contributed by atoms with Crippen LogP contribution in [0.15, 0.2) is 0 Å². The lowest BCUT2D eigenvalue weighted by Crippen LogP contribution is -2.38. The lowest BCUT2D eigenvalue weighted by molar-refractivity contribution is -0.126. The Labute approximate surface area is 103 Å². The first kappa shape index (κ1) is 12.8. The summed E-state index contributed by atoms with van der Waals surface area (Å²) < 4.78 is 5.32. The minimum atomic E-state index is 0.151. The Hall–Kier alpha value is -0.610. The van der Waals surface area contributed by atoms with E-state index in [1.807, 2.05) is 0 Å². The Bertz CT molecular complexity index is 252. The van der Waals surface area contributed by atoms with Crippen molar-refractivity contribution in [2.75, 3.05) is 19.8 Å². The minimum absolute atomic E-state index is 0.151. The van der Waals surface area contributed by atoms with Crippen molar-refractivity contribution in [3.05, 3.63) is 0 Å². The maximum Gasteiger partial charge on any atom is 0.223 e. The molecule has 2 rings (SSSR count). The molecule has 0 aromatic rings. The lowest BCUT2D eigenvalue weighted by atomic mass is 9.85. The molecule has 0 aromatic carbocycles. The van der Waals surface area contributed by atoms with Crippen LogP contribution in [0.1, 0.15) is 38.5 Å². The topological polar surface area (TPSA) is 64.4 Å². The summed E-state index contributed by atoms with van der Waals surface area (Å²) in [6.07, 6.45) is 6.22. The summed E-state index contributed by atoms with van der Waals surface area (Å²) in [6, 6.07) is 0.225. The SMILES string of the molecule is NC1CCCC(C(=O)NCCC2CCOC2)C1. The van der Waals surface area contributed by atoms with Crippen LogP contribution in [-0.2, 0) is 9.53 Å². The van der Waals surface area contributed by atoms with E-state index in [2.05, 4.69) is 5.32 Å². The molecule has 3 unspecified atom stereocenters. The van der Waals surface area contributed by atoms with Crippen LogP contribution in [0.3, 0.4) is 0 Å². The van der Waals surface area contributed by atoms with Gasteiger partial charge in [0.05, 0.1) is 0 Å². The number of carbonyl (C=O) groups excluding carboxylic acids is 1. The van der Waals surface area contributed by atoms with Crippen LogP contribution in [0.5, 0.6) is 0 Å². The molecule has 0 spiro atoms. The fraction of sp³-hybridized carbons (Fsp3) is 0.923. The van der Waals surface area contributed by atoms with Crippen LogP contribution in [0.2, 0.25) is 0 Å². The van der Waals surface area contributed by atoms with Crippen molar-refractivity contribution in [3.8, 4) is 0 Å². The van der Waals surface area contributed by atoms with E-state index >= 15 is 0 Å². The second kappa shape index (κ2) is 6.36. The molecular weight excluding hydrogens is 216 g/mol. The first-order valence-electron chi connectivity index (χ1n) is 6.86. The summed E-state index contributed by atoms with van der Waals surface area (Å²) in [4.78, 5) is 11.9. The highest BCUT2D eigenvalue weighted by atomic mass is 16.5. The monoisotopic (exact) mass is 240 g/mol. The van der Waals surface area contributed by atoms with Gasteiger partial charge in [-0.2, -0.15) is 0 Å². The van der Waals surface area contributed by atoms with E-state index in [0.29, 0.717) is 5.92 Å². The fourth-order valence-corrected chi connectivity index (χ4v) is 2.82. The maximum absolute atomic E-state index is 11.9. The van der Waals surface area contributed by atoms with E-state index in [9.17, 15) is 4.79 Å². The molecule has 1 saturated heterocycles. The smallest absolute Gasteiger partial charge is 0.223 e. The Kier molecular flexibility index (Phi) is 4.80. The summed E-state index contributed by atoms with van der Waals surface area (Å²) in [7, 11) is 0. The molecule has 0 bridgehead atoms. The Morgan fingerprint density at radius 1 is 1.35 bits per heavy atom. The highest BCUT2D eigenvalue weighted by Crippen LogP contribution is 2.23. The zero-order valence-electron chi connectivity index (χ0n) is 10.5. The van der Waals surface area contributed by atoms with Crippen LogP contribution in [-0.4, -0.2) is 31.7 Å². The molecule has 2 fully saturated rings. The van der Waals surface area contributed by atoms with Crippen LogP contribution >= 0.6 is 0 Å². The largest absolute Gasteiger partial charge is 0.381 e. The van der Waals surface area contributed by atoms with Gasteiger partial charge >= 0.3 is 0 Å². The quantitative estimate of drug-likeness (QED) is 0.772. The van der Waals surface area contributed by atoms with Crippen LogP contribution in [0.25, 0.3) is 0 Å². The van der Waals surface area contributed by atoms with Gasteiger partial charge in [0, 0.05) is 31.7 Å². The van der Waals surface area contributed by atoms with Crippen LogP contribution in [0.4, 0.5) is 0 Å². The summed E-state index contributed by atoms with van der Waals surface area (Å²) in [5.74, 6) is 1.00. The molecule has 2 aliphatic rings. The van der Waals surface area contributed by atoms with Crippen molar-refractivity contribution in [3.63, 3.8) is 0 Å². The van der Waals surface area contributed by atoms with E-state index in [-0.39, 0.29) is 17.9 Å². The number of ether oxygens (including phenoxy) is 1. The average molecular weight is 240 g/mol. The van der Waals surface area contributed by atoms with Crippen molar-refractivity contribution in [2.24, 2.45) is 17.6 Å². The Morgan fingerprint density at radius 3 is 2.94 bits per heavy atom. The number of hydrogen-bond donors (Lipinski definition) is 2. The van der Waals surface area contributed by atoms with Crippen LogP contribution in [0, 0.1) is 11.8 Å². The first-order valence-corrected chi connectivity index (χ1v) is 6.86. The van der Waals surface area contributed by atoms with Gasteiger partial charge in [0.2, 0.25) is 5.91 Å². The number of hydrogen-bond acceptors (Lipinski definition) is 3. The number of amides is 1. The van der Waals surface area contributed by atoms with Crippen molar-refractivity contribution in [1.82, 2.24) is 5.32 Å². The predicted octanol–water partition coefficient (Wildman–Crippen LogP) is 1.05. The molecule has 4 nitrogen and oxygen atoms in total. The average Bonchev–Trinajstić information content (AvgIpc) is 2.82. The van der Waals surface area contributed by atoms with Gasteiger partial charge in [-0.15, -0.1) is 0 Å². The molecule has 1 aliphatic carbocycles. The number of carbonyl (C=O) groups is 1. The molecule has 98 valence electrons. The molecule has 17 heavy (non-hydrogen) atoms. The predicted molar refractivity (Wildman–Crippen MR) is 66.5 cm³/mol.